The number of ether oxygens (including phenoxy) is 2. The average Bonchev–Trinajstić information content (AvgIpc) is 3.57. The van der Waals surface area contributed by atoms with Gasteiger partial charge in [0.25, 0.3) is 5.91 Å². The lowest BCUT2D eigenvalue weighted by atomic mass is 10.0. The van der Waals surface area contributed by atoms with Gasteiger partial charge in [-0.2, -0.15) is 4.31 Å². The number of amides is 1. The largest absolute Gasteiger partial charge is 0.462 e. The molecule has 1 saturated heterocycles. The van der Waals surface area contributed by atoms with Crippen molar-refractivity contribution in [2.75, 3.05) is 31.6 Å². The number of aryl methyl sites for hydroxylation is 2. The second-order valence-electron chi connectivity index (χ2n) is 9.09. The van der Waals surface area contributed by atoms with Crippen LogP contribution in [-0.4, -0.2) is 56.9 Å². The van der Waals surface area contributed by atoms with Crippen LogP contribution in [0.1, 0.15) is 50.9 Å². The maximum Gasteiger partial charge on any atom is 0.341 e. The van der Waals surface area contributed by atoms with E-state index in [4.69, 9.17) is 9.47 Å². The van der Waals surface area contributed by atoms with Gasteiger partial charge in [0, 0.05) is 23.5 Å². The van der Waals surface area contributed by atoms with Crippen molar-refractivity contribution in [3.8, 4) is 11.1 Å². The van der Waals surface area contributed by atoms with Crippen LogP contribution in [0.25, 0.3) is 11.1 Å². The summed E-state index contributed by atoms with van der Waals surface area (Å²) in [7, 11) is -3.71. The molecule has 1 fully saturated rings. The van der Waals surface area contributed by atoms with Gasteiger partial charge < -0.3 is 14.8 Å². The quantitative estimate of drug-likeness (QED) is 0.368. The smallest absolute Gasteiger partial charge is 0.341 e. The van der Waals surface area contributed by atoms with Crippen LogP contribution < -0.4 is 5.32 Å². The van der Waals surface area contributed by atoms with Crippen molar-refractivity contribution < 1.29 is 32.3 Å². The maximum atomic E-state index is 12.9. The molecule has 1 aliphatic heterocycles. The zero-order chi connectivity index (χ0) is 28.2. The number of carbonyl (C=O) groups excluding carboxylic acids is 3. The van der Waals surface area contributed by atoms with E-state index in [1.54, 1.807) is 6.92 Å². The van der Waals surface area contributed by atoms with Gasteiger partial charge in [0.15, 0.2) is 6.61 Å². The van der Waals surface area contributed by atoms with E-state index in [0.717, 1.165) is 28.8 Å². The van der Waals surface area contributed by atoms with Crippen LogP contribution >= 0.6 is 11.3 Å². The molecule has 1 aromatic heterocycles. The summed E-state index contributed by atoms with van der Waals surface area (Å²) in [4.78, 5) is 39.1. The molecule has 4 rings (SSSR count). The van der Waals surface area contributed by atoms with E-state index in [-0.39, 0.29) is 22.6 Å². The Morgan fingerprint density at radius 2 is 1.67 bits per heavy atom. The predicted octanol–water partition coefficient (Wildman–Crippen LogP) is 4.79. The van der Waals surface area contributed by atoms with Crippen LogP contribution in [0.15, 0.2) is 53.4 Å². The van der Waals surface area contributed by atoms with Crippen molar-refractivity contribution in [2.24, 2.45) is 0 Å². The molecular formula is C28H30N2O7S2. The zero-order valence-electron chi connectivity index (χ0n) is 22.0. The molecule has 0 aliphatic carbocycles. The molecule has 39 heavy (non-hydrogen) atoms. The fourth-order valence-electron chi connectivity index (χ4n) is 4.34. The van der Waals surface area contributed by atoms with E-state index in [2.05, 4.69) is 5.32 Å². The van der Waals surface area contributed by atoms with E-state index < -0.39 is 34.5 Å². The molecule has 3 aromatic rings. The molecule has 1 amide bonds. The van der Waals surface area contributed by atoms with Crippen molar-refractivity contribution in [3.05, 3.63) is 70.1 Å². The minimum Gasteiger partial charge on any atom is -0.462 e. The van der Waals surface area contributed by atoms with Crippen molar-refractivity contribution in [1.29, 1.82) is 0 Å². The highest BCUT2D eigenvalue weighted by atomic mass is 32.2. The Bertz CT molecular complexity index is 1490. The Morgan fingerprint density at radius 1 is 0.974 bits per heavy atom. The van der Waals surface area contributed by atoms with Gasteiger partial charge in [-0.1, -0.05) is 35.9 Å². The van der Waals surface area contributed by atoms with Crippen LogP contribution in [-0.2, 0) is 24.3 Å². The summed E-state index contributed by atoms with van der Waals surface area (Å²) >= 11 is 1.23. The lowest BCUT2D eigenvalue weighted by molar-refractivity contribution is -0.119. The standard InChI is InChI=1S/C28H30N2O7S2/c1-4-36-28(33)25-24(20-12-10-18(2)11-13-20)19(3)38-26(25)29-23(31)17-37-27(32)21-8-7-9-22(16-21)39(34,35)30-14-5-6-15-30/h7-13,16H,4-6,14-15,17H2,1-3H3,(H,29,31). The molecular weight excluding hydrogens is 540 g/mol. The average molecular weight is 571 g/mol. The molecule has 0 unspecified atom stereocenters. The number of rotatable bonds is 9. The summed E-state index contributed by atoms with van der Waals surface area (Å²) < 4.78 is 37.5. The Labute approximate surface area is 231 Å². The first kappa shape index (κ1) is 28.5. The van der Waals surface area contributed by atoms with Gasteiger partial charge in [-0.15, -0.1) is 11.3 Å². The maximum absolute atomic E-state index is 12.9. The number of hydrogen-bond donors (Lipinski definition) is 1. The zero-order valence-corrected chi connectivity index (χ0v) is 23.6. The molecule has 1 aliphatic rings. The van der Waals surface area contributed by atoms with Gasteiger partial charge in [0.1, 0.15) is 10.6 Å². The van der Waals surface area contributed by atoms with Gasteiger partial charge in [0.05, 0.1) is 17.1 Å². The van der Waals surface area contributed by atoms with Crippen LogP contribution in [0, 0.1) is 13.8 Å². The third-order valence-electron chi connectivity index (χ3n) is 6.26. The van der Waals surface area contributed by atoms with Crippen molar-refractivity contribution in [1.82, 2.24) is 4.31 Å². The van der Waals surface area contributed by atoms with Crippen LogP contribution in [0.4, 0.5) is 5.00 Å². The van der Waals surface area contributed by atoms with Crippen molar-refractivity contribution >= 4 is 44.2 Å². The van der Waals surface area contributed by atoms with Gasteiger partial charge in [-0.05, 0) is 57.4 Å². The lowest BCUT2D eigenvalue weighted by Crippen LogP contribution is -2.28. The molecule has 0 radical (unpaired) electrons. The van der Waals surface area contributed by atoms with Crippen molar-refractivity contribution in [3.63, 3.8) is 0 Å². The van der Waals surface area contributed by atoms with E-state index in [1.165, 1.54) is 39.9 Å². The number of carbonyl (C=O) groups is 3. The molecule has 0 bridgehead atoms. The second kappa shape index (κ2) is 12.1. The van der Waals surface area contributed by atoms with Crippen LogP contribution in [0.5, 0.6) is 0 Å². The predicted molar refractivity (Wildman–Crippen MR) is 149 cm³/mol. The van der Waals surface area contributed by atoms with Gasteiger partial charge >= 0.3 is 11.9 Å². The van der Waals surface area contributed by atoms with Gasteiger partial charge in [-0.3, -0.25) is 4.79 Å². The number of nitrogens with zero attached hydrogens (tertiary/aromatic N) is 1. The molecule has 206 valence electrons. The fraction of sp³-hybridized carbons (Fsp3) is 0.321. The van der Waals surface area contributed by atoms with Gasteiger partial charge in [0.2, 0.25) is 10.0 Å². The SMILES string of the molecule is CCOC(=O)c1c(NC(=O)COC(=O)c2cccc(S(=O)(=O)N3CCCC3)c2)sc(C)c1-c1ccc(C)cc1. The number of esters is 2. The van der Waals surface area contributed by atoms with Crippen molar-refractivity contribution in [2.45, 2.75) is 38.5 Å². The highest BCUT2D eigenvalue weighted by Gasteiger charge is 2.28. The number of anilines is 1. The minimum absolute atomic E-state index is 0.0000702. The number of benzene rings is 2. The summed E-state index contributed by atoms with van der Waals surface area (Å²) in [5.74, 6) is -2.05. The van der Waals surface area contributed by atoms with Gasteiger partial charge in [-0.25, -0.2) is 18.0 Å². The van der Waals surface area contributed by atoms with E-state index in [0.29, 0.717) is 23.7 Å². The lowest BCUT2D eigenvalue weighted by Gasteiger charge is -2.15. The molecule has 2 heterocycles. The summed E-state index contributed by atoms with van der Waals surface area (Å²) in [5, 5.41) is 2.96. The summed E-state index contributed by atoms with van der Waals surface area (Å²) in [5.41, 5.74) is 2.81. The summed E-state index contributed by atoms with van der Waals surface area (Å²) in [6.45, 7) is 5.94. The topological polar surface area (TPSA) is 119 Å². The Hall–Kier alpha value is -3.54. The Balaban J connectivity index is 1.48. The molecule has 1 N–H and O–H groups in total. The molecule has 11 heteroatoms. The molecule has 2 aromatic carbocycles. The minimum atomic E-state index is -3.71. The number of nitrogens with one attached hydrogen (secondary N) is 1. The van der Waals surface area contributed by atoms with E-state index in [1.807, 2.05) is 38.1 Å². The molecule has 9 nitrogen and oxygen atoms in total. The van der Waals surface area contributed by atoms with E-state index >= 15 is 0 Å². The third kappa shape index (κ3) is 6.38. The molecule has 0 saturated carbocycles. The number of sulfonamides is 1. The Morgan fingerprint density at radius 3 is 2.33 bits per heavy atom. The highest BCUT2D eigenvalue weighted by Crippen LogP contribution is 2.40. The number of thiophene rings is 1. The summed E-state index contributed by atoms with van der Waals surface area (Å²) in [6, 6.07) is 13.2. The first-order valence-electron chi connectivity index (χ1n) is 12.6. The normalized spacial score (nSPS) is 13.7. The van der Waals surface area contributed by atoms with E-state index in [9.17, 15) is 22.8 Å². The monoisotopic (exact) mass is 570 g/mol. The fourth-order valence-corrected chi connectivity index (χ4v) is 6.98. The molecule has 0 spiro atoms. The Kier molecular flexibility index (Phi) is 8.83. The highest BCUT2D eigenvalue weighted by molar-refractivity contribution is 7.89. The molecule has 0 atom stereocenters. The van der Waals surface area contributed by atoms with Crippen LogP contribution in [0.3, 0.4) is 0 Å². The second-order valence-corrected chi connectivity index (χ2v) is 12.2. The first-order valence-corrected chi connectivity index (χ1v) is 14.8. The first-order chi connectivity index (χ1) is 18.6. The number of hydrogen-bond acceptors (Lipinski definition) is 8. The third-order valence-corrected chi connectivity index (χ3v) is 9.18. The van der Waals surface area contributed by atoms with Crippen LogP contribution in [0.2, 0.25) is 0 Å². The summed E-state index contributed by atoms with van der Waals surface area (Å²) in [6.07, 6.45) is 1.59.